The monoisotopic (exact) mass is 262 g/mol. The largest absolute Gasteiger partial charge is 0.352 e. The molecule has 19 heavy (non-hydrogen) atoms. The second-order valence-electron chi connectivity index (χ2n) is 5.00. The van der Waals surface area contributed by atoms with Crippen LogP contribution >= 0.6 is 0 Å². The van der Waals surface area contributed by atoms with Crippen LogP contribution in [0.25, 0.3) is 0 Å². The van der Waals surface area contributed by atoms with E-state index >= 15 is 0 Å². The van der Waals surface area contributed by atoms with E-state index in [1.54, 1.807) is 0 Å². The minimum absolute atomic E-state index is 0.416. The van der Waals surface area contributed by atoms with Gasteiger partial charge in [-0.15, -0.1) is 0 Å². The molecular weight excluding hydrogens is 236 g/mol. The van der Waals surface area contributed by atoms with Crippen LogP contribution in [-0.2, 0) is 6.42 Å². The molecule has 1 aromatic carbocycles. The quantitative estimate of drug-likeness (QED) is 0.622. The summed E-state index contributed by atoms with van der Waals surface area (Å²) in [5.41, 5.74) is 6.43. The van der Waals surface area contributed by atoms with Gasteiger partial charge in [-0.1, -0.05) is 62.4 Å². The van der Waals surface area contributed by atoms with E-state index in [0.717, 1.165) is 6.42 Å². The molecule has 0 aliphatic heterocycles. The van der Waals surface area contributed by atoms with Crippen molar-refractivity contribution in [3.63, 3.8) is 0 Å². The van der Waals surface area contributed by atoms with Gasteiger partial charge in [0.15, 0.2) is 0 Å². The first-order chi connectivity index (χ1) is 9.29. The lowest BCUT2D eigenvalue weighted by Crippen LogP contribution is -2.29. The summed E-state index contributed by atoms with van der Waals surface area (Å²) in [7, 11) is 0. The van der Waals surface area contributed by atoms with Crippen LogP contribution in [0.15, 0.2) is 30.3 Å². The molecule has 3 heteroatoms. The number of hydrogen-bond acceptors (Lipinski definition) is 1. The van der Waals surface area contributed by atoms with Crippen LogP contribution in [0.3, 0.4) is 0 Å². The number of primary amides is 1. The van der Waals surface area contributed by atoms with Crippen LogP contribution in [0, 0.1) is 0 Å². The van der Waals surface area contributed by atoms with Crippen molar-refractivity contribution in [3.8, 4) is 0 Å². The highest BCUT2D eigenvalue weighted by Crippen LogP contribution is 2.10. The van der Waals surface area contributed by atoms with Gasteiger partial charge in [0.2, 0.25) is 0 Å². The number of amides is 2. The summed E-state index contributed by atoms with van der Waals surface area (Å²) in [5, 5.41) is 2.61. The second-order valence-corrected chi connectivity index (χ2v) is 5.00. The van der Waals surface area contributed by atoms with Gasteiger partial charge in [0.25, 0.3) is 0 Å². The molecule has 2 amide bonds. The molecule has 1 rings (SSSR count). The lowest BCUT2D eigenvalue weighted by molar-refractivity contribution is 0.248. The van der Waals surface area contributed by atoms with Gasteiger partial charge in [-0.25, -0.2) is 4.79 Å². The van der Waals surface area contributed by atoms with Gasteiger partial charge in [0.1, 0.15) is 0 Å². The summed E-state index contributed by atoms with van der Waals surface area (Å²) in [6, 6.07) is 10.3. The SMILES string of the molecule is NC(=O)NCCCCCCCCCc1ccccc1. The first-order valence-electron chi connectivity index (χ1n) is 7.36. The molecule has 0 bridgehead atoms. The Morgan fingerprint density at radius 1 is 0.895 bits per heavy atom. The number of aryl methyl sites for hydroxylation is 1. The average molecular weight is 262 g/mol. The molecule has 0 saturated carbocycles. The van der Waals surface area contributed by atoms with Crippen molar-refractivity contribution in [3.05, 3.63) is 35.9 Å². The maximum atomic E-state index is 10.4. The van der Waals surface area contributed by atoms with E-state index in [0.29, 0.717) is 6.54 Å². The number of urea groups is 1. The van der Waals surface area contributed by atoms with E-state index in [4.69, 9.17) is 5.73 Å². The minimum atomic E-state index is -0.416. The predicted molar refractivity (Wildman–Crippen MR) is 80.1 cm³/mol. The molecule has 0 saturated heterocycles. The molecule has 0 heterocycles. The predicted octanol–water partition coefficient (Wildman–Crippen LogP) is 3.63. The van der Waals surface area contributed by atoms with Crippen LogP contribution in [0.5, 0.6) is 0 Å². The molecule has 0 aliphatic carbocycles. The zero-order chi connectivity index (χ0) is 13.8. The van der Waals surface area contributed by atoms with Crippen molar-refractivity contribution in [2.45, 2.75) is 51.4 Å². The Hall–Kier alpha value is -1.51. The minimum Gasteiger partial charge on any atom is -0.352 e. The van der Waals surface area contributed by atoms with E-state index < -0.39 is 6.03 Å². The maximum absolute atomic E-state index is 10.4. The van der Waals surface area contributed by atoms with Gasteiger partial charge in [0.05, 0.1) is 0 Å². The lowest BCUT2D eigenvalue weighted by Gasteiger charge is -2.03. The average Bonchev–Trinajstić information content (AvgIpc) is 2.42. The molecule has 0 unspecified atom stereocenters. The van der Waals surface area contributed by atoms with E-state index in [1.807, 2.05) is 0 Å². The van der Waals surface area contributed by atoms with Crippen LogP contribution in [0.2, 0.25) is 0 Å². The summed E-state index contributed by atoms with van der Waals surface area (Å²) in [5.74, 6) is 0. The highest BCUT2D eigenvalue weighted by molar-refractivity contribution is 5.71. The fourth-order valence-corrected chi connectivity index (χ4v) is 2.19. The third-order valence-electron chi connectivity index (χ3n) is 3.28. The summed E-state index contributed by atoms with van der Waals surface area (Å²) in [4.78, 5) is 10.4. The van der Waals surface area contributed by atoms with E-state index in [2.05, 4.69) is 35.6 Å². The molecule has 3 nitrogen and oxygen atoms in total. The zero-order valence-electron chi connectivity index (χ0n) is 11.7. The second kappa shape index (κ2) is 10.4. The number of rotatable bonds is 10. The molecule has 0 fully saturated rings. The number of nitrogens with two attached hydrogens (primary N) is 1. The number of carbonyl (C=O) groups is 1. The standard InChI is InChI=1S/C16H26N2O/c17-16(19)18-14-10-5-3-1-2-4-7-11-15-12-8-6-9-13-15/h6,8-9,12-13H,1-5,7,10-11,14H2,(H3,17,18,19). The van der Waals surface area contributed by atoms with Crippen LogP contribution < -0.4 is 11.1 Å². The van der Waals surface area contributed by atoms with Gasteiger partial charge >= 0.3 is 6.03 Å². The van der Waals surface area contributed by atoms with Crippen molar-refractivity contribution in [1.82, 2.24) is 5.32 Å². The third kappa shape index (κ3) is 9.11. The molecule has 0 radical (unpaired) electrons. The Kier molecular flexibility index (Phi) is 8.52. The zero-order valence-corrected chi connectivity index (χ0v) is 11.7. The first-order valence-corrected chi connectivity index (χ1v) is 7.36. The normalized spacial score (nSPS) is 10.3. The fraction of sp³-hybridized carbons (Fsp3) is 0.562. The van der Waals surface area contributed by atoms with Crippen LogP contribution in [0.1, 0.15) is 50.5 Å². The number of hydrogen-bond donors (Lipinski definition) is 2. The van der Waals surface area contributed by atoms with E-state index in [-0.39, 0.29) is 0 Å². The molecule has 1 aromatic rings. The highest BCUT2D eigenvalue weighted by Gasteiger charge is 1.95. The Morgan fingerprint density at radius 2 is 1.47 bits per heavy atom. The van der Waals surface area contributed by atoms with Crippen molar-refractivity contribution in [2.24, 2.45) is 5.73 Å². The van der Waals surface area contributed by atoms with Gasteiger partial charge in [-0.3, -0.25) is 0 Å². The Balaban J connectivity index is 1.83. The van der Waals surface area contributed by atoms with Gasteiger partial charge < -0.3 is 11.1 Å². The van der Waals surface area contributed by atoms with Crippen molar-refractivity contribution < 1.29 is 4.79 Å². The lowest BCUT2D eigenvalue weighted by atomic mass is 10.0. The first kappa shape index (κ1) is 15.5. The summed E-state index contributed by atoms with van der Waals surface area (Å²) < 4.78 is 0. The van der Waals surface area contributed by atoms with Gasteiger partial charge in [-0.2, -0.15) is 0 Å². The topological polar surface area (TPSA) is 55.1 Å². The smallest absolute Gasteiger partial charge is 0.312 e. The Bertz CT molecular complexity index is 338. The van der Waals surface area contributed by atoms with E-state index in [9.17, 15) is 4.79 Å². The van der Waals surface area contributed by atoms with Crippen LogP contribution in [0.4, 0.5) is 4.79 Å². The molecule has 106 valence electrons. The summed E-state index contributed by atoms with van der Waals surface area (Å²) in [6.45, 7) is 0.712. The van der Waals surface area contributed by atoms with Gasteiger partial charge in [-0.05, 0) is 24.8 Å². The Labute approximate surface area is 116 Å². The number of carbonyl (C=O) groups excluding carboxylic acids is 1. The van der Waals surface area contributed by atoms with Crippen molar-refractivity contribution in [1.29, 1.82) is 0 Å². The number of unbranched alkanes of at least 4 members (excludes halogenated alkanes) is 6. The highest BCUT2D eigenvalue weighted by atomic mass is 16.2. The molecule has 0 atom stereocenters. The summed E-state index contributed by atoms with van der Waals surface area (Å²) in [6.07, 6.45) is 9.88. The van der Waals surface area contributed by atoms with Crippen LogP contribution in [-0.4, -0.2) is 12.6 Å². The maximum Gasteiger partial charge on any atom is 0.312 e. The molecule has 0 aromatic heterocycles. The van der Waals surface area contributed by atoms with Gasteiger partial charge in [0, 0.05) is 6.54 Å². The van der Waals surface area contributed by atoms with Crippen molar-refractivity contribution >= 4 is 6.03 Å². The number of benzene rings is 1. The molecule has 3 N–H and O–H groups in total. The molecular formula is C16H26N2O. The van der Waals surface area contributed by atoms with Crippen molar-refractivity contribution in [2.75, 3.05) is 6.54 Å². The summed E-state index contributed by atoms with van der Waals surface area (Å²) >= 11 is 0. The van der Waals surface area contributed by atoms with E-state index in [1.165, 1.54) is 50.5 Å². The fourth-order valence-electron chi connectivity index (χ4n) is 2.19. The third-order valence-corrected chi connectivity index (χ3v) is 3.28. The Morgan fingerprint density at radius 3 is 2.11 bits per heavy atom. The molecule has 0 spiro atoms. The molecule has 0 aliphatic rings. The number of nitrogens with one attached hydrogen (secondary N) is 1.